The lowest BCUT2D eigenvalue weighted by Crippen LogP contribution is -2.43. The molecule has 1 aliphatic rings. The van der Waals surface area contributed by atoms with E-state index < -0.39 is 0 Å². The second kappa shape index (κ2) is 9.99. The van der Waals surface area contributed by atoms with E-state index in [1.807, 2.05) is 36.4 Å². The summed E-state index contributed by atoms with van der Waals surface area (Å²) in [4.78, 5) is 44.4. The van der Waals surface area contributed by atoms with Gasteiger partial charge in [-0.05, 0) is 30.7 Å². The minimum Gasteiger partial charge on any atom is -0.323 e. The molecule has 7 nitrogen and oxygen atoms in total. The van der Waals surface area contributed by atoms with Gasteiger partial charge in [0.05, 0.1) is 28.0 Å². The number of fused-ring (bicyclic) bond motifs is 2. The quantitative estimate of drug-likeness (QED) is 0.318. The Morgan fingerprint density at radius 1 is 1.06 bits per heavy atom. The predicted octanol–water partition coefficient (Wildman–Crippen LogP) is 4.05. The minimum absolute atomic E-state index is 0.0224. The van der Waals surface area contributed by atoms with Crippen LogP contribution in [0.2, 0.25) is 0 Å². The number of para-hydroxylation sites is 3. The molecule has 0 aliphatic carbocycles. The number of hydrogen-bond donors (Lipinski definition) is 1. The fourth-order valence-corrected chi connectivity index (χ4v) is 4.71. The van der Waals surface area contributed by atoms with E-state index in [-0.39, 0.29) is 29.7 Å². The SMILES string of the molecule is CCCCCCn1c(SCC(=O)N2CC(=O)Nc3ccccc32)nc2ccccc2c1=O. The lowest BCUT2D eigenvalue weighted by molar-refractivity contribution is -0.120. The molecule has 1 aliphatic heterocycles. The molecule has 0 saturated carbocycles. The van der Waals surface area contributed by atoms with Crippen molar-refractivity contribution in [3.05, 3.63) is 58.9 Å². The number of unbranched alkanes of at least 4 members (excludes halogenated alkanes) is 3. The van der Waals surface area contributed by atoms with Crippen molar-refractivity contribution in [1.29, 1.82) is 0 Å². The van der Waals surface area contributed by atoms with Crippen LogP contribution >= 0.6 is 11.8 Å². The highest BCUT2D eigenvalue weighted by Gasteiger charge is 2.27. The Kier molecular flexibility index (Phi) is 6.90. The summed E-state index contributed by atoms with van der Waals surface area (Å²) in [6, 6.07) is 14.5. The molecule has 2 amide bonds. The predicted molar refractivity (Wildman–Crippen MR) is 128 cm³/mol. The normalized spacial score (nSPS) is 13.2. The average Bonchev–Trinajstić information content (AvgIpc) is 2.81. The summed E-state index contributed by atoms with van der Waals surface area (Å²) in [7, 11) is 0. The molecule has 0 unspecified atom stereocenters. The van der Waals surface area contributed by atoms with E-state index in [9.17, 15) is 14.4 Å². The lowest BCUT2D eigenvalue weighted by Gasteiger charge is -2.29. The molecular weight excluding hydrogens is 424 g/mol. The number of anilines is 2. The summed E-state index contributed by atoms with van der Waals surface area (Å²) < 4.78 is 1.69. The number of nitrogens with one attached hydrogen (secondary N) is 1. The number of nitrogens with zero attached hydrogens (tertiary/aromatic N) is 3. The van der Waals surface area contributed by atoms with Gasteiger partial charge in [-0.2, -0.15) is 0 Å². The van der Waals surface area contributed by atoms with Crippen molar-refractivity contribution in [2.45, 2.75) is 44.3 Å². The van der Waals surface area contributed by atoms with E-state index in [2.05, 4.69) is 17.2 Å². The molecule has 3 aromatic rings. The van der Waals surface area contributed by atoms with Gasteiger partial charge in [0.2, 0.25) is 11.8 Å². The molecule has 0 radical (unpaired) electrons. The molecule has 4 rings (SSSR count). The molecule has 0 saturated heterocycles. The van der Waals surface area contributed by atoms with E-state index in [1.165, 1.54) is 16.7 Å². The smallest absolute Gasteiger partial charge is 0.262 e. The largest absolute Gasteiger partial charge is 0.323 e. The maximum atomic E-state index is 13.1. The maximum absolute atomic E-state index is 13.1. The molecule has 0 bridgehead atoms. The van der Waals surface area contributed by atoms with Gasteiger partial charge < -0.3 is 10.2 Å². The van der Waals surface area contributed by atoms with Crippen LogP contribution < -0.4 is 15.8 Å². The molecule has 166 valence electrons. The zero-order chi connectivity index (χ0) is 22.5. The van der Waals surface area contributed by atoms with Crippen molar-refractivity contribution in [3.8, 4) is 0 Å². The summed E-state index contributed by atoms with van der Waals surface area (Å²) in [5.74, 6) is -0.336. The van der Waals surface area contributed by atoms with Gasteiger partial charge in [-0.15, -0.1) is 0 Å². The number of thioether (sulfide) groups is 1. The summed E-state index contributed by atoms with van der Waals surface area (Å²) in [6.45, 7) is 2.70. The zero-order valence-electron chi connectivity index (χ0n) is 18.0. The van der Waals surface area contributed by atoms with Gasteiger partial charge in [0.25, 0.3) is 5.56 Å². The van der Waals surface area contributed by atoms with Crippen LogP contribution in [0.3, 0.4) is 0 Å². The Morgan fingerprint density at radius 3 is 2.69 bits per heavy atom. The molecule has 1 aromatic heterocycles. The van der Waals surface area contributed by atoms with E-state index in [0.717, 1.165) is 25.7 Å². The van der Waals surface area contributed by atoms with Crippen molar-refractivity contribution in [1.82, 2.24) is 9.55 Å². The average molecular weight is 451 g/mol. The molecule has 2 aromatic carbocycles. The first-order chi connectivity index (χ1) is 15.6. The minimum atomic E-state index is -0.223. The van der Waals surface area contributed by atoms with Crippen molar-refractivity contribution >= 4 is 45.9 Å². The topological polar surface area (TPSA) is 84.3 Å². The van der Waals surface area contributed by atoms with Crippen molar-refractivity contribution in [2.75, 3.05) is 22.5 Å². The Balaban J connectivity index is 1.58. The van der Waals surface area contributed by atoms with Crippen LogP contribution in [-0.2, 0) is 16.1 Å². The number of rotatable bonds is 8. The number of hydrogen-bond acceptors (Lipinski definition) is 5. The van der Waals surface area contributed by atoms with E-state index in [1.54, 1.807) is 16.7 Å². The number of carbonyl (C=O) groups excluding carboxylic acids is 2. The first kappa shape index (κ1) is 22.1. The number of carbonyl (C=O) groups is 2. The second-order valence-electron chi connectivity index (χ2n) is 7.76. The van der Waals surface area contributed by atoms with Crippen LogP contribution in [0.25, 0.3) is 10.9 Å². The first-order valence-electron chi connectivity index (χ1n) is 10.9. The Morgan fingerprint density at radius 2 is 1.84 bits per heavy atom. The summed E-state index contributed by atoms with van der Waals surface area (Å²) in [5.41, 5.74) is 1.85. The maximum Gasteiger partial charge on any atom is 0.262 e. The van der Waals surface area contributed by atoms with E-state index in [4.69, 9.17) is 0 Å². The summed E-state index contributed by atoms with van der Waals surface area (Å²) in [5, 5.41) is 3.91. The Hall–Kier alpha value is -3.13. The zero-order valence-corrected chi connectivity index (χ0v) is 18.9. The molecule has 0 atom stereocenters. The number of benzene rings is 2. The summed E-state index contributed by atoms with van der Waals surface area (Å²) in [6.07, 6.45) is 4.16. The lowest BCUT2D eigenvalue weighted by atomic mass is 10.2. The fraction of sp³-hybridized carbons (Fsp3) is 0.333. The number of amides is 2. The van der Waals surface area contributed by atoms with Crippen molar-refractivity contribution in [2.24, 2.45) is 0 Å². The van der Waals surface area contributed by atoms with Crippen LogP contribution in [0.15, 0.2) is 58.5 Å². The van der Waals surface area contributed by atoms with Gasteiger partial charge in [-0.3, -0.25) is 19.0 Å². The van der Waals surface area contributed by atoms with Gasteiger partial charge in [-0.25, -0.2) is 4.98 Å². The Labute approximate surface area is 190 Å². The van der Waals surface area contributed by atoms with Crippen LogP contribution in [0.4, 0.5) is 11.4 Å². The highest BCUT2D eigenvalue weighted by atomic mass is 32.2. The molecule has 8 heteroatoms. The molecule has 0 fully saturated rings. The van der Waals surface area contributed by atoms with Crippen molar-refractivity contribution < 1.29 is 9.59 Å². The molecule has 32 heavy (non-hydrogen) atoms. The monoisotopic (exact) mass is 450 g/mol. The molecule has 0 spiro atoms. The van der Waals surface area contributed by atoms with Crippen LogP contribution in [0.5, 0.6) is 0 Å². The van der Waals surface area contributed by atoms with Crippen LogP contribution in [-0.4, -0.2) is 33.7 Å². The van der Waals surface area contributed by atoms with Gasteiger partial charge >= 0.3 is 0 Å². The van der Waals surface area contributed by atoms with Gasteiger partial charge in [-0.1, -0.05) is 62.2 Å². The second-order valence-corrected chi connectivity index (χ2v) is 8.71. The molecule has 1 N–H and O–H groups in total. The van der Waals surface area contributed by atoms with Crippen molar-refractivity contribution in [3.63, 3.8) is 0 Å². The van der Waals surface area contributed by atoms with E-state index >= 15 is 0 Å². The fourth-order valence-electron chi connectivity index (χ4n) is 3.81. The van der Waals surface area contributed by atoms with Gasteiger partial charge in [0.1, 0.15) is 6.54 Å². The van der Waals surface area contributed by atoms with Crippen LogP contribution in [0.1, 0.15) is 32.6 Å². The third kappa shape index (κ3) is 4.70. The summed E-state index contributed by atoms with van der Waals surface area (Å²) >= 11 is 1.25. The molecule has 2 heterocycles. The third-order valence-corrected chi connectivity index (χ3v) is 6.42. The first-order valence-corrected chi connectivity index (χ1v) is 11.9. The third-order valence-electron chi connectivity index (χ3n) is 5.46. The number of aromatic nitrogens is 2. The highest BCUT2D eigenvalue weighted by Crippen LogP contribution is 2.30. The van der Waals surface area contributed by atoms with Gasteiger partial charge in [0, 0.05) is 6.54 Å². The standard InChI is InChI=1S/C24H26N4O3S/c1-2-3-4-9-14-27-23(31)17-10-5-6-11-18(17)26-24(27)32-16-22(30)28-15-21(29)25-19-12-7-8-13-20(19)28/h5-8,10-13H,2-4,9,14-16H2,1H3,(H,25,29). The van der Waals surface area contributed by atoms with E-state index in [0.29, 0.717) is 34.0 Å². The van der Waals surface area contributed by atoms with Crippen LogP contribution in [0, 0.1) is 0 Å². The Bertz CT molecular complexity index is 1210. The highest BCUT2D eigenvalue weighted by molar-refractivity contribution is 7.99. The molecular formula is C24H26N4O3S. The van der Waals surface area contributed by atoms with Gasteiger partial charge in [0.15, 0.2) is 5.16 Å².